The number of rotatable bonds is 1. The molecule has 134 valence electrons. The molecule has 0 aromatic rings. The smallest absolute Gasteiger partial charge is 0.238 e. The lowest BCUT2D eigenvalue weighted by atomic mass is 9.44. The van der Waals surface area contributed by atoms with Gasteiger partial charge in [0.1, 0.15) is 6.10 Å². The third-order valence-corrected chi connectivity index (χ3v) is 8.17. The minimum absolute atomic E-state index is 0.000175. The van der Waals surface area contributed by atoms with Crippen molar-refractivity contribution in [1.29, 1.82) is 0 Å². The van der Waals surface area contributed by atoms with E-state index in [4.69, 9.17) is 0 Å². The molecule has 5 heteroatoms. The molecule has 4 fully saturated rings. The Morgan fingerprint density at radius 1 is 1.21 bits per heavy atom. The van der Waals surface area contributed by atoms with Gasteiger partial charge in [-0.05, 0) is 60.3 Å². The van der Waals surface area contributed by atoms with Gasteiger partial charge in [-0.2, -0.15) is 4.89 Å². The summed E-state index contributed by atoms with van der Waals surface area (Å²) >= 11 is 0. The van der Waals surface area contributed by atoms with Gasteiger partial charge in [0.15, 0.2) is 5.78 Å². The molecule has 0 heterocycles. The Morgan fingerprint density at radius 3 is 2.58 bits per heavy atom. The van der Waals surface area contributed by atoms with E-state index in [-0.39, 0.29) is 41.3 Å². The van der Waals surface area contributed by atoms with Gasteiger partial charge in [0, 0.05) is 0 Å². The molecule has 24 heavy (non-hydrogen) atoms. The average Bonchev–Trinajstić information content (AvgIpc) is 2.68. The van der Waals surface area contributed by atoms with Crippen molar-refractivity contribution in [1.82, 2.24) is 0 Å². The van der Waals surface area contributed by atoms with Crippen LogP contribution in [0.3, 0.4) is 0 Å². The van der Waals surface area contributed by atoms with Crippen LogP contribution in [0.4, 0.5) is 0 Å². The molecule has 4 aliphatic rings. The summed E-state index contributed by atoms with van der Waals surface area (Å²) < 4.78 is 0. The second-order valence-corrected chi connectivity index (χ2v) is 8.68. The Kier molecular flexibility index (Phi) is 3.57. The normalized spacial score (nSPS) is 56.8. The molecule has 9 atom stereocenters. The molecule has 0 amide bonds. The molecule has 2 bridgehead atoms. The monoisotopic (exact) mass is 336 g/mol. The highest BCUT2D eigenvalue weighted by atomic mass is 17.1. The number of hydrogen-bond donors (Lipinski definition) is 3. The number of aliphatic hydroxyl groups excluding tert-OH is 1. The fraction of sp³-hybridized carbons (Fsp3) is 0.842. The first-order valence-corrected chi connectivity index (χ1v) is 9.29. The molecule has 0 aromatic carbocycles. The molecule has 4 rings (SSSR count). The Morgan fingerprint density at radius 2 is 1.92 bits per heavy atom. The zero-order chi connectivity index (χ0) is 17.4. The summed E-state index contributed by atoms with van der Waals surface area (Å²) in [5.74, 6) is -2.49. The molecule has 0 radical (unpaired) electrons. The van der Waals surface area contributed by atoms with E-state index in [0.717, 1.165) is 32.1 Å². The average molecular weight is 336 g/mol. The molecule has 3 unspecified atom stereocenters. The van der Waals surface area contributed by atoms with Crippen LogP contribution >= 0.6 is 0 Å². The summed E-state index contributed by atoms with van der Waals surface area (Å²) in [6, 6.07) is 0. The summed E-state index contributed by atoms with van der Waals surface area (Å²) in [6.07, 6.45) is 3.44. The summed E-state index contributed by atoms with van der Waals surface area (Å²) in [4.78, 5) is 17.9. The third-order valence-electron chi connectivity index (χ3n) is 8.17. The molecule has 4 aliphatic carbocycles. The number of carbonyl (C=O) groups excluding carboxylic acids is 1. The molecule has 0 aromatic heterocycles. The van der Waals surface area contributed by atoms with Gasteiger partial charge in [-0.15, -0.1) is 0 Å². The summed E-state index contributed by atoms with van der Waals surface area (Å²) in [7, 11) is 0. The van der Waals surface area contributed by atoms with Crippen molar-refractivity contribution in [2.75, 3.05) is 0 Å². The van der Waals surface area contributed by atoms with Crippen molar-refractivity contribution >= 4 is 5.78 Å². The topological polar surface area (TPSA) is 87.0 Å². The number of aliphatic hydroxyl groups is 2. The highest BCUT2D eigenvalue weighted by Gasteiger charge is 2.78. The van der Waals surface area contributed by atoms with E-state index in [1.165, 1.54) is 0 Å². The maximum atomic E-state index is 13.3. The number of carbonyl (C=O) groups is 1. The summed E-state index contributed by atoms with van der Waals surface area (Å²) in [6.45, 7) is 8.00. The Bertz CT molecular complexity index is 586. The lowest BCUT2D eigenvalue weighted by molar-refractivity contribution is -0.473. The van der Waals surface area contributed by atoms with Crippen molar-refractivity contribution in [3.05, 3.63) is 12.2 Å². The highest BCUT2D eigenvalue weighted by Crippen LogP contribution is 2.70. The zero-order valence-corrected chi connectivity index (χ0v) is 14.4. The van der Waals surface area contributed by atoms with E-state index in [2.05, 4.69) is 18.4 Å². The SMILES string of the molecule is C=C1C(=O)[C@@]23C(CC[C@@H]1[C@H]2C)C1CCC[C@H](C)C1[C@H](O)[C@@]3(O)OO. The van der Waals surface area contributed by atoms with Gasteiger partial charge < -0.3 is 10.2 Å². The third kappa shape index (κ3) is 1.58. The number of hydrogen-bond acceptors (Lipinski definition) is 5. The first-order valence-electron chi connectivity index (χ1n) is 9.29. The van der Waals surface area contributed by atoms with Gasteiger partial charge in [0.2, 0.25) is 5.79 Å². The van der Waals surface area contributed by atoms with E-state index in [0.29, 0.717) is 5.57 Å². The predicted molar refractivity (Wildman–Crippen MR) is 86.6 cm³/mol. The Hall–Kier alpha value is -0.750. The molecular formula is C19H28O5. The van der Waals surface area contributed by atoms with Gasteiger partial charge >= 0.3 is 0 Å². The van der Waals surface area contributed by atoms with Crippen LogP contribution in [0, 0.1) is 40.9 Å². The quantitative estimate of drug-likeness (QED) is 0.296. The van der Waals surface area contributed by atoms with Crippen molar-refractivity contribution in [2.24, 2.45) is 40.9 Å². The molecule has 4 saturated carbocycles. The van der Waals surface area contributed by atoms with Crippen LogP contribution in [0.2, 0.25) is 0 Å². The zero-order valence-electron chi connectivity index (χ0n) is 14.4. The maximum absolute atomic E-state index is 13.3. The highest BCUT2D eigenvalue weighted by molar-refractivity contribution is 6.04. The van der Waals surface area contributed by atoms with E-state index in [9.17, 15) is 20.3 Å². The lowest BCUT2D eigenvalue weighted by Gasteiger charge is -2.63. The van der Waals surface area contributed by atoms with E-state index < -0.39 is 17.3 Å². The fourth-order valence-corrected chi connectivity index (χ4v) is 7.22. The van der Waals surface area contributed by atoms with Crippen LogP contribution < -0.4 is 0 Å². The van der Waals surface area contributed by atoms with Crippen molar-refractivity contribution in [3.63, 3.8) is 0 Å². The van der Waals surface area contributed by atoms with Gasteiger partial charge in [0.25, 0.3) is 0 Å². The van der Waals surface area contributed by atoms with Crippen LogP contribution in [-0.4, -0.2) is 33.1 Å². The molecule has 0 aliphatic heterocycles. The number of Topliss-reactive ketones (excluding diaryl/α,β-unsaturated/α-hetero) is 1. The maximum Gasteiger partial charge on any atom is 0.238 e. The van der Waals surface area contributed by atoms with Crippen molar-refractivity contribution in [3.8, 4) is 0 Å². The van der Waals surface area contributed by atoms with Gasteiger partial charge in [0.05, 0.1) is 5.41 Å². The van der Waals surface area contributed by atoms with Crippen molar-refractivity contribution < 1.29 is 25.2 Å². The second kappa shape index (κ2) is 5.13. The lowest BCUT2D eigenvalue weighted by Crippen LogP contribution is -2.74. The first kappa shape index (κ1) is 16.7. The van der Waals surface area contributed by atoms with Gasteiger partial charge in [-0.3, -0.25) is 4.79 Å². The van der Waals surface area contributed by atoms with Crippen LogP contribution in [0.15, 0.2) is 12.2 Å². The van der Waals surface area contributed by atoms with Crippen LogP contribution in [-0.2, 0) is 9.68 Å². The second-order valence-electron chi connectivity index (χ2n) is 8.68. The molecule has 5 nitrogen and oxygen atoms in total. The fourth-order valence-electron chi connectivity index (χ4n) is 7.22. The molecule has 1 spiro atoms. The number of fused-ring (bicyclic) bond motifs is 3. The molecule has 0 saturated heterocycles. The van der Waals surface area contributed by atoms with E-state index in [1.807, 2.05) is 6.92 Å². The van der Waals surface area contributed by atoms with Crippen LogP contribution in [0.25, 0.3) is 0 Å². The van der Waals surface area contributed by atoms with Gasteiger partial charge in [-0.1, -0.05) is 33.3 Å². The minimum atomic E-state index is -2.25. The first-order chi connectivity index (χ1) is 11.3. The molecule has 3 N–H and O–H groups in total. The van der Waals surface area contributed by atoms with Crippen molar-refractivity contribution in [2.45, 2.75) is 57.8 Å². The summed E-state index contributed by atoms with van der Waals surface area (Å²) in [5.41, 5.74) is -0.755. The Balaban J connectivity index is 1.93. The standard InChI is InChI=1S/C19H28O5/c1-9-5-4-6-13-14-8-7-12-10(2)16(20)18(14,11(12)3)19(22,24-23)17(21)15(9)13/h9,11-15,17,21-23H,2,4-8H2,1,3H3/t9-,11+,12-,13?,14?,15?,17-,18-,19+/m0/s1. The van der Waals surface area contributed by atoms with Crippen LogP contribution in [0.1, 0.15) is 46.0 Å². The number of allylic oxidation sites excluding steroid dienone is 1. The minimum Gasteiger partial charge on any atom is -0.387 e. The van der Waals surface area contributed by atoms with E-state index in [1.54, 1.807) is 0 Å². The predicted octanol–water partition coefficient (Wildman–Crippen LogP) is 2.38. The van der Waals surface area contributed by atoms with Gasteiger partial charge in [-0.25, -0.2) is 5.26 Å². The van der Waals surface area contributed by atoms with Crippen LogP contribution in [0.5, 0.6) is 0 Å². The largest absolute Gasteiger partial charge is 0.387 e. The van der Waals surface area contributed by atoms with E-state index >= 15 is 0 Å². The number of ketones is 1. The Labute approximate surface area is 142 Å². The summed E-state index contributed by atoms with van der Waals surface area (Å²) in [5, 5.41) is 32.1. The molecular weight excluding hydrogens is 308 g/mol.